The molecule has 1 aromatic carbocycles. The van der Waals surface area contributed by atoms with Crippen molar-refractivity contribution in [2.75, 3.05) is 32.8 Å². The molecule has 2 N–H and O–H groups in total. The van der Waals surface area contributed by atoms with Crippen molar-refractivity contribution >= 4 is 29.9 Å². The van der Waals surface area contributed by atoms with Crippen molar-refractivity contribution in [3.05, 3.63) is 23.8 Å². The summed E-state index contributed by atoms with van der Waals surface area (Å²) in [5.74, 6) is 1.81. The summed E-state index contributed by atoms with van der Waals surface area (Å²) < 4.78 is 48.1. The molecule has 1 aliphatic heterocycles. The fourth-order valence-electron chi connectivity index (χ4n) is 2.50. The molecule has 0 saturated carbocycles. The number of hydrogen-bond donors (Lipinski definition) is 2. The van der Waals surface area contributed by atoms with Crippen LogP contribution in [0.1, 0.15) is 32.8 Å². The van der Waals surface area contributed by atoms with E-state index in [9.17, 15) is 13.2 Å². The number of ether oxygens (including phenoxy) is 2. The lowest BCUT2D eigenvalue weighted by atomic mass is 9.84. The maximum absolute atomic E-state index is 12.3. The Bertz CT molecular complexity index is 637. The van der Waals surface area contributed by atoms with Crippen LogP contribution in [0.5, 0.6) is 11.5 Å². The van der Waals surface area contributed by atoms with E-state index in [0.717, 1.165) is 11.3 Å². The zero-order valence-corrected chi connectivity index (χ0v) is 18.1. The molecule has 1 heterocycles. The number of aliphatic imine (C=N–C) groups is 1. The number of halogens is 4. The van der Waals surface area contributed by atoms with Crippen LogP contribution in [-0.2, 0) is 5.41 Å². The van der Waals surface area contributed by atoms with Crippen LogP contribution in [0.2, 0.25) is 0 Å². The van der Waals surface area contributed by atoms with Gasteiger partial charge in [0, 0.05) is 18.5 Å². The molecule has 27 heavy (non-hydrogen) atoms. The maximum atomic E-state index is 12.3. The van der Waals surface area contributed by atoms with Crippen molar-refractivity contribution < 1.29 is 22.6 Å². The summed E-state index contributed by atoms with van der Waals surface area (Å²) in [6, 6.07) is 5.78. The van der Waals surface area contributed by atoms with Crippen molar-refractivity contribution in [2.45, 2.75) is 38.8 Å². The van der Waals surface area contributed by atoms with E-state index in [2.05, 4.69) is 15.6 Å². The minimum atomic E-state index is -4.19. The molecule has 1 aromatic rings. The zero-order chi connectivity index (χ0) is 19.2. The van der Waals surface area contributed by atoms with Gasteiger partial charge in [0.05, 0.1) is 13.0 Å². The van der Waals surface area contributed by atoms with Gasteiger partial charge in [-0.3, -0.25) is 4.99 Å². The molecule has 0 unspecified atom stereocenters. The highest BCUT2D eigenvalue weighted by Gasteiger charge is 2.27. The third kappa shape index (κ3) is 7.63. The van der Waals surface area contributed by atoms with Gasteiger partial charge in [0.15, 0.2) is 17.5 Å². The molecule has 0 saturated heterocycles. The van der Waals surface area contributed by atoms with Gasteiger partial charge in [0.25, 0.3) is 0 Å². The van der Waals surface area contributed by atoms with Crippen molar-refractivity contribution in [3.63, 3.8) is 0 Å². The van der Waals surface area contributed by atoms with Crippen molar-refractivity contribution in [1.82, 2.24) is 10.6 Å². The lowest BCUT2D eigenvalue weighted by Crippen LogP contribution is -2.40. The van der Waals surface area contributed by atoms with Crippen LogP contribution in [0.25, 0.3) is 0 Å². The lowest BCUT2D eigenvalue weighted by molar-refractivity contribution is -0.132. The molecule has 0 bridgehead atoms. The molecule has 9 heteroatoms. The van der Waals surface area contributed by atoms with E-state index < -0.39 is 12.6 Å². The molecular weight excluding hydrogens is 474 g/mol. The van der Waals surface area contributed by atoms with Gasteiger partial charge in [-0.1, -0.05) is 19.9 Å². The van der Waals surface area contributed by atoms with Crippen LogP contribution < -0.4 is 20.1 Å². The number of guanidine groups is 1. The first kappa shape index (κ1) is 23.6. The fraction of sp³-hybridized carbons (Fsp3) is 0.611. The topological polar surface area (TPSA) is 54.9 Å². The molecule has 0 atom stereocenters. The summed E-state index contributed by atoms with van der Waals surface area (Å²) >= 11 is 0. The number of nitrogens with one attached hydrogen (secondary N) is 2. The SMILES string of the molecule is CCNC(=NCC(C)(C)c1ccc2c(c1)OCCO2)NCCC(F)(F)F.I. The van der Waals surface area contributed by atoms with Crippen LogP contribution in [0.4, 0.5) is 13.2 Å². The summed E-state index contributed by atoms with van der Waals surface area (Å²) in [5.41, 5.74) is 0.707. The standard InChI is InChI=1S/C18H26F3N3O2.HI/c1-4-22-16(23-8-7-18(19,20)21)24-12-17(2,3)13-5-6-14-15(11-13)26-10-9-25-14;/h5-6,11H,4,7-10,12H2,1-3H3,(H2,22,23,24);1H. The number of alkyl halides is 3. The Morgan fingerprint density at radius 1 is 1.11 bits per heavy atom. The van der Waals surface area contributed by atoms with Crippen LogP contribution in [0.3, 0.4) is 0 Å². The largest absolute Gasteiger partial charge is 0.486 e. The van der Waals surface area contributed by atoms with E-state index in [-0.39, 0.29) is 35.9 Å². The van der Waals surface area contributed by atoms with Crippen molar-refractivity contribution in [2.24, 2.45) is 4.99 Å². The third-order valence-electron chi connectivity index (χ3n) is 4.00. The Morgan fingerprint density at radius 3 is 2.41 bits per heavy atom. The Hall–Kier alpha value is -1.39. The average Bonchev–Trinajstić information content (AvgIpc) is 2.58. The molecular formula is C18H27F3IN3O2. The van der Waals surface area contributed by atoms with E-state index in [1.165, 1.54) is 0 Å². The quantitative estimate of drug-likeness (QED) is 0.353. The Labute approximate surface area is 175 Å². The predicted octanol–water partition coefficient (Wildman–Crippen LogP) is 3.86. The molecule has 0 spiro atoms. The second-order valence-electron chi connectivity index (χ2n) is 6.73. The summed E-state index contributed by atoms with van der Waals surface area (Å²) in [6.45, 7) is 7.75. The number of benzene rings is 1. The normalized spacial score (nSPS) is 14.4. The van der Waals surface area contributed by atoms with Crippen LogP contribution in [-0.4, -0.2) is 45.0 Å². The van der Waals surface area contributed by atoms with Gasteiger partial charge in [-0.15, -0.1) is 24.0 Å². The maximum Gasteiger partial charge on any atom is 0.390 e. The Morgan fingerprint density at radius 2 is 1.78 bits per heavy atom. The van der Waals surface area contributed by atoms with Gasteiger partial charge in [-0.05, 0) is 24.6 Å². The summed E-state index contributed by atoms with van der Waals surface area (Å²) in [6.07, 6.45) is -5.09. The Balaban J connectivity index is 0.00000364. The van der Waals surface area contributed by atoms with Crippen LogP contribution >= 0.6 is 24.0 Å². The van der Waals surface area contributed by atoms with Gasteiger partial charge in [-0.25, -0.2) is 0 Å². The van der Waals surface area contributed by atoms with Crippen molar-refractivity contribution in [1.29, 1.82) is 0 Å². The molecule has 0 radical (unpaired) electrons. The predicted molar refractivity (Wildman–Crippen MR) is 111 cm³/mol. The number of hydrogen-bond acceptors (Lipinski definition) is 3. The van der Waals surface area contributed by atoms with E-state index >= 15 is 0 Å². The molecule has 154 valence electrons. The summed E-state index contributed by atoms with van der Waals surface area (Å²) in [5, 5.41) is 5.70. The van der Waals surface area contributed by atoms with Crippen LogP contribution in [0, 0.1) is 0 Å². The summed E-state index contributed by atoms with van der Waals surface area (Å²) in [4.78, 5) is 4.45. The van der Waals surface area contributed by atoms with Gasteiger partial charge < -0.3 is 20.1 Å². The molecule has 0 amide bonds. The molecule has 0 aromatic heterocycles. The highest BCUT2D eigenvalue weighted by Crippen LogP contribution is 2.35. The van der Waals surface area contributed by atoms with Gasteiger partial charge in [0.1, 0.15) is 13.2 Å². The Kier molecular flexibility index (Phi) is 8.97. The molecule has 0 aliphatic carbocycles. The third-order valence-corrected chi connectivity index (χ3v) is 4.00. The zero-order valence-electron chi connectivity index (χ0n) is 15.8. The smallest absolute Gasteiger partial charge is 0.390 e. The summed E-state index contributed by atoms with van der Waals surface area (Å²) in [7, 11) is 0. The lowest BCUT2D eigenvalue weighted by Gasteiger charge is -2.26. The fourth-order valence-corrected chi connectivity index (χ4v) is 2.50. The molecule has 2 rings (SSSR count). The second-order valence-corrected chi connectivity index (χ2v) is 6.73. The number of nitrogens with zero attached hydrogens (tertiary/aromatic N) is 1. The van der Waals surface area contributed by atoms with Gasteiger partial charge in [0.2, 0.25) is 0 Å². The monoisotopic (exact) mass is 501 g/mol. The second kappa shape index (κ2) is 10.2. The minimum absolute atomic E-state index is 0. The molecule has 5 nitrogen and oxygen atoms in total. The molecule has 1 aliphatic rings. The minimum Gasteiger partial charge on any atom is -0.486 e. The van der Waals surface area contributed by atoms with Gasteiger partial charge in [-0.2, -0.15) is 13.2 Å². The van der Waals surface area contributed by atoms with E-state index in [1.807, 2.05) is 39.0 Å². The molecule has 0 fully saturated rings. The van der Waals surface area contributed by atoms with Crippen LogP contribution in [0.15, 0.2) is 23.2 Å². The van der Waals surface area contributed by atoms with E-state index in [4.69, 9.17) is 9.47 Å². The first-order valence-electron chi connectivity index (χ1n) is 8.70. The first-order valence-corrected chi connectivity index (χ1v) is 8.70. The highest BCUT2D eigenvalue weighted by atomic mass is 127. The highest BCUT2D eigenvalue weighted by molar-refractivity contribution is 14.0. The first-order chi connectivity index (χ1) is 12.2. The van der Waals surface area contributed by atoms with E-state index in [0.29, 0.717) is 38.0 Å². The van der Waals surface area contributed by atoms with Gasteiger partial charge >= 0.3 is 6.18 Å². The van der Waals surface area contributed by atoms with E-state index in [1.54, 1.807) is 0 Å². The number of fused-ring (bicyclic) bond motifs is 1. The number of rotatable bonds is 6. The van der Waals surface area contributed by atoms with Crippen molar-refractivity contribution in [3.8, 4) is 11.5 Å². The average molecular weight is 501 g/mol.